The van der Waals surface area contributed by atoms with Gasteiger partial charge in [0.2, 0.25) is 0 Å². The van der Waals surface area contributed by atoms with Gasteiger partial charge in [-0.1, -0.05) is 37.5 Å². The second-order valence-corrected chi connectivity index (χ2v) is 6.93. The van der Waals surface area contributed by atoms with Crippen LogP contribution in [0.1, 0.15) is 32.1 Å². The van der Waals surface area contributed by atoms with Crippen LogP contribution in [0.2, 0.25) is 0 Å². The van der Waals surface area contributed by atoms with Gasteiger partial charge in [-0.25, -0.2) is 4.98 Å². The van der Waals surface area contributed by atoms with Crippen LogP contribution in [0.4, 0.5) is 5.82 Å². The number of carbonyl (C=O) groups excluding carboxylic acids is 1. The molecule has 0 atom stereocenters. The number of hydrogen-bond donors (Lipinski definition) is 1. The Labute approximate surface area is 166 Å². The Morgan fingerprint density at radius 2 is 1.82 bits per heavy atom. The minimum absolute atomic E-state index is 0.0587. The number of pyridine rings is 1. The van der Waals surface area contributed by atoms with Crippen LogP contribution in [0.5, 0.6) is 11.5 Å². The summed E-state index contributed by atoms with van der Waals surface area (Å²) >= 11 is 0. The molecule has 1 fully saturated rings. The maximum atomic E-state index is 12.1. The van der Waals surface area contributed by atoms with Crippen molar-refractivity contribution in [2.45, 2.75) is 32.1 Å². The van der Waals surface area contributed by atoms with E-state index in [1.54, 1.807) is 6.20 Å². The summed E-state index contributed by atoms with van der Waals surface area (Å²) in [6, 6.07) is 13.1. The monoisotopic (exact) mass is 384 g/mol. The number of nitrogens with zero attached hydrogens (tertiary/aromatic N) is 1. The second kappa shape index (κ2) is 11.3. The fourth-order valence-corrected chi connectivity index (χ4v) is 3.23. The molecule has 6 heteroatoms. The average Bonchev–Trinajstić information content (AvgIpc) is 2.74. The van der Waals surface area contributed by atoms with Gasteiger partial charge in [-0.3, -0.25) is 4.79 Å². The van der Waals surface area contributed by atoms with Crippen LogP contribution in [0, 0.1) is 5.92 Å². The molecule has 0 spiro atoms. The highest BCUT2D eigenvalue weighted by Gasteiger charge is 2.16. The van der Waals surface area contributed by atoms with Crippen molar-refractivity contribution in [1.29, 1.82) is 0 Å². The molecule has 1 heterocycles. The van der Waals surface area contributed by atoms with E-state index in [1.165, 1.54) is 32.1 Å². The molecule has 6 nitrogen and oxygen atoms in total. The van der Waals surface area contributed by atoms with Crippen molar-refractivity contribution >= 4 is 11.7 Å². The van der Waals surface area contributed by atoms with Gasteiger partial charge in [0.1, 0.15) is 19.0 Å². The van der Waals surface area contributed by atoms with Crippen molar-refractivity contribution in [3.05, 3.63) is 48.7 Å². The van der Waals surface area contributed by atoms with E-state index in [4.69, 9.17) is 14.2 Å². The van der Waals surface area contributed by atoms with Crippen molar-refractivity contribution in [1.82, 2.24) is 4.98 Å². The first-order valence-electron chi connectivity index (χ1n) is 9.94. The number of para-hydroxylation sites is 1. The number of hydrogen-bond acceptors (Lipinski definition) is 5. The van der Waals surface area contributed by atoms with Gasteiger partial charge in [0.05, 0.1) is 13.2 Å². The summed E-state index contributed by atoms with van der Waals surface area (Å²) < 4.78 is 16.8. The third-order valence-electron chi connectivity index (χ3n) is 4.70. The zero-order chi connectivity index (χ0) is 19.4. The fraction of sp³-hybridized carbons (Fsp3) is 0.455. The van der Waals surface area contributed by atoms with Gasteiger partial charge in [0.15, 0.2) is 11.6 Å². The Balaban J connectivity index is 1.37. The largest absolute Gasteiger partial charge is 0.491 e. The molecule has 0 saturated heterocycles. The Morgan fingerprint density at radius 1 is 1.00 bits per heavy atom. The molecule has 3 rings (SSSR count). The van der Waals surface area contributed by atoms with Crippen molar-refractivity contribution in [3.8, 4) is 11.5 Å². The summed E-state index contributed by atoms with van der Waals surface area (Å²) in [5.74, 6) is 2.15. The molecule has 1 saturated carbocycles. The lowest BCUT2D eigenvalue weighted by Gasteiger charge is -2.22. The van der Waals surface area contributed by atoms with Crippen molar-refractivity contribution in [2.75, 3.05) is 31.7 Å². The number of amides is 1. The van der Waals surface area contributed by atoms with Gasteiger partial charge in [0.25, 0.3) is 5.91 Å². The maximum absolute atomic E-state index is 12.1. The minimum atomic E-state index is -0.263. The first-order chi connectivity index (χ1) is 13.8. The number of anilines is 1. The van der Waals surface area contributed by atoms with Crippen LogP contribution >= 0.6 is 0 Å². The van der Waals surface area contributed by atoms with Crippen molar-refractivity contribution in [2.24, 2.45) is 5.92 Å². The number of rotatable bonds is 10. The highest BCUT2D eigenvalue weighted by atomic mass is 16.5. The van der Waals surface area contributed by atoms with E-state index in [0.29, 0.717) is 37.3 Å². The Kier molecular flexibility index (Phi) is 8.12. The Morgan fingerprint density at radius 3 is 2.64 bits per heavy atom. The molecule has 0 aliphatic heterocycles. The van der Waals surface area contributed by atoms with Crippen molar-refractivity contribution in [3.63, 3.8) is 0 Å². The molecule has 1 N–H and O–H groups in total. The number of ether oxygens (including phenoxy) is 3. The van der Waals surface area contributed by atoms with Crippen LogP contribution in [0.25, 0.3) is 0 Å². The summed E-state index contributed by atoms with van der Waals surface area (Å²) in [5.41, 5.74) is 0. The third kappa shape index (κ3) is 6.85. The molecule has 1 aromatic carbocycles. The molecule has 1 aromatic heterocycles. The highest BCUT2D eigenvalue weighted by molar-refractivity contribution is 5.92. The zero-order valence-electron chi connectivity index (χ0n) is 16.1. The van der Waals surface area contributed by atoms with Gasteiger partial charge >= 0.3 is 0 Å². The Bertz CT molecular complexity index is 717. The van der Waals surface area contributed by atoms with Gasteiger partial charge < -0.3 is 19.5 Å². The predicted octanol–water partition coefficient (Wildman–Crippen LogP) is 4.07. The predicted molar refractivity (Wildman–Crippen MR) is 108 cm³/mol. The minimum Gasteiger partial charge on any atom is -0.491 e. The van der Waals surface area contributed by atoms with E-state index in [0.717, 1.165) is 5.75 Å². The normalized spacial score (nSPS) is 14.4. The first kappa shape index (κ1) is 20.1. The van der Waals surface area contributed by atoms with E-state index in [1.807, 2.05) is 42.5 Å². The van der Waals surface area contributed by atoms with Gasteiger partial charge in [-0.15, -0.1) is 0 Å². The topological polar surface area (TPSA) is 69.7 Å². The van der Waals surface area contributed by atoms with Gasteiger partial charge in [-0.05, 0) is 43.0 Å². The smallest absolute Gasteiger partial charge is 0.251 e. The van der Waals surface area contributed by atoms with E-state index in [2.05, 4.69) is 10.3 Å². The summed E-state index contributed by atoms with van der Waals surface area (Å²) in [4.78, 5) is 16.4. The number of carbonyl (C=O) groups is 1. The molecule has 28 heavy (non-hydrogen) atoms. The lowest BCUT2D eigenvalue weighted by molar-refractivity contribution is -0.120. The molecule has 1 aliphatic rings. The van der Waals surface area contributed by atoms with Crippen molar-refractivity contribution < 1.29 is 19.0 Å². The average molecular weight is 384 g/mol. The molecule has 150 valence electrons. The number of nitrogens with one attached hydrogen (secondary N) is 1. The molecule has 0 unspecified atom stereocenters. The summed E-state index contributed by atoms with van der Waals surface area (Å²) in [5, 5.41) is 2.77. The van der Waals surface area contributed by atoms with Crippen LogP contribution in [0.15, 0.2) is 48.7 Å². The summed E-state index contributed by atoms with van der Waals surface area (Å²) in [7, 11) is 0. The molecule has 0 bridgehead atoms. The molecular formula is C22H28N2O4. The Hall–Kier alpha value is -2.60. The lowest BCUT2D eigenvalue weighted by atomic mass is 9.90. The van der Waals surface area contributed by atoms with E-state index in [-0.39, 0.29) is 12.5 Å². The standard InChI is InChI=1S/C22H28N2O4/c25-21(17-26-14-15-27-19-10-5-2-6-11-19)24-22-20(12-7-13-23-22)28-16-18-8-3-1-4-9-18/h2,5-7,10-13,18H,1,3-4,8-9,14-17H2,(H,23,24,25). The van der Waals surface area contributed by atoms with E-state index in [9.17, 15) is 4.79 Å². The summed E-state index contributed by atoms with van der Waals surface area (Å²) in [6.45, 7) is 1.32. The van der Waals surface area contributed by atoms with Crippen LogP contribution in [-0.2, 0) is 9.53 Å². The third-order valence-corrected chi connectivity index (χ3v) is 4.70. The van der Waals surface area contributed by atoms with Gasteiger partial charge in [-0.2, -0.15) is 0 Å². The SMILES string of the molecule is O=C(COCCOc1ccccc1)Nc1ncccc1OCC1CCCCC1. The van der Waals surface area contributed by atoms with Crippen LogP contribution in [-0.4, -0.2) is 37.3 Å². The van der Waals surface area contributed by atoms with E-state index >= 15 is 0 Å². The summed E-state index contributed by atoms with van der Waals surface area (Å²) in [6.07, 6.45) is 7.92. The number of aromatic nitrogens is 1. The maximum Gasteiger partial charge on any atom is 0.251 e. The van der Waals surface area contributed by atoms with Gasteiger partial charge in [0, 0.05) is 6.20 Å². The number of benzene rings is 1. The molecule has 0 radical (unpaired) electrons. The highest BCUT2D eigenvalue weighted by Crippen LogP contribution is 2.26. The first-order valence-corrected chi connectivity index (χ1v) is 9.94. The van der Waals surface area contributed by atoms with Crippen LogP contribution < -0.4 is 14.8 Å². The second-order valence-electron chi connectivity index (χ2n) is 6.93. The quantitative estimate of drug-likeness (QED) is 0.625. The lowest BCUT2D eigenvalue weighted by Crippen LogP contribution is -2.22. The van der Waals surface area contributed by atoms with Crippen LogP contribution in [0.3, 0.4) is 0 Å². The molecular weight excluding hydrogens is 356 g/mol. The fourth-order valence-electron chi connectivity index (χ4n) is 3.23. The zero-order valence-corrected chi connectivity index (χ0v) is 16.1. The molecule has 2 aromatic rings. The van der Waals surface area contributed by atoms with E-state index < -0.39 is 0 Å². The molecule has 1 amide bonds. The molecule has 1 aliphatic carbocycles.